The van der Waals surface area contributed by atoms with Crippen molar-refractivity contribution in [2.45, 2.75) is 60.0 Å². The Labute approximate surface area is 105 Å². The Kier molecular flexibility index (Phi) is 6.37. The van der Waals surface area contributed by atoms with E-state index in [1.165, 1.54) is 0 Å². The molecule has 0 aliphatic rings. The normalized spacial score (nSPS) is 18.5. The lowest BCUT2D eigenvalue weighted by Gasteiger charge is -2.37. The van der Waals surface area contributed by atoms with E-state index >= 15 is 0 Å². The highest BCUT2D eigenvalue weighted by Crippen LogP contribution is 2.47. The van der Waals surface area contributed by atoms with Gasteiger partial charge in [0.25, 0.3) is 0 Å². The first-order valence-electron chi connectivity index (χ1n) is 6.22. The summed E-state index contributed by atoms with van der Waals surface area (Å²) in [6, 6.07) is 0. The molecule has 0 aromatic carbocycles. The van der Waals surface area contributed by atoms with Gasteiger partial charge in [0.15, 0.2) is 0 Å². The van der Waals surface area contributed by atoms with Gasteiger partial charge in [0.2, 0.25) is 0 Å². The van der Waals surface area contributed by atoms with Crippen LogP contribution >= 0.6 is 7.82 Å². The first-order valence-corrected chi connectivity index (χ1v) is 7.75. The van der Waals surface area contributed by atoms with Crippen molar-refractivity contribution in [2.75, 3.05) is 0 Å². The summed E-state index contributed by atoms with van der Waals surface area (Å²) in [7, 11) is -4.44. The maximum Gasteiger partial charge on any atom is 0.470 e. The summed E-state index contributed by atoms with van der Waals surface area (Å²) < 4.78 is 16.2. The van der Waals surface area contributed by atoms with E-state index in [0.717, 1.165) is 6.42 Å². The highest BCUT2D eigenvalue weighted by molar-refractivity contribution is 7.46. The molecule has 0 aliphatic heterocycles. The second-order valence-electron chi connectivity index (χ2n) is 6.02. The monoisotopic (exact) mass is 266 g/mol. The lowest BCUT2D eigenvalue weighted by atomic mass is 9.79. The van der Waals surface area contributed by atoms with Crippen molar-refractivity contribution < 1.29 is 18.9 Å². The van der Waals surface area contributed by atoms with Gasteiger partial charge < -0.3 is 9.79 Å². The Hall–Kier alpha value is 0.110. The van der Waals surface area contributed by atoms with Crippen LogP contribution in [0.1, 0.15) is 54.4 Å². The lowest BCUT2D eigenvalue weighted by Crippen LogP contribution is -2.37. The summed E-state index contributed by atoms with van der Waals surface area (Å²) in [6.07, 6.45) is 1.54. The molecule has 0 aromatic heterocycles. The average molecular weight is 266 g/mol. The van der Waals surface area contributed by atoms with Gasteiger partial charge in [-0.2, -0.15) is 0 Å². The molecule has 0 heterocycles. The van der Waals surface area contributed by atoms with Crippen molar-refractivity contribution in [1.82, 2.24) is 0 Å². The molecule has 0 radical (unpaired) electrons. The van der Waals surface area contributed by atoms with Crippen LogP contribution in [0.5, 0.6) is 0 Å². The molecule has 2 N–H and O–H groups in total. The van der Waals surface area contributed by atoms with Crippen molar-refractivity contribution in [3.8, 4) is 0 Å². The Morgan fingerprint density at radius 3 is 1.88 bits per heavy atom. The predicted octanol–water partition coefficient (Wildman–Crippen LogP) is 3.58. The molecule has 104 valence electrons. The van der Waals surface area contributed by atoms with Crippen molar-refractivity contribution in [3.05, 3.63) is 0 Å². The van der Waals surface area contributed by atoms with Gasteiger partial charge in [-0.1, -0.05) is 34.6 Å². The van der Waals surface area contributed by atoms with Gasteiger partial charge in [0.05, 0.1) is 5.60 Å². The van der Waals surface area contributed by atoms with Crippen LogP contribution in [0.3, 0.4) is 0 Å². The summed E-state index contributed by atoms with van der Waals surface area (Å²) in [4.78, 5) is 18.1. The molecule has 0 aromatic rings. The lowest BCUT2D eigenvalue weighted by molar-refractivity contribution is -0.0179. The zero-order valence-electron chi connectivity index (χ0n) is 11.8. The third kappa shape index (κ3) is 7.20. The van der Waals surface area contributed by atoms with Crippen LogP contribution in [0.4, 0.5) is 0 Å². The van der Waals surface area contributed by atoms with Crippen LogP contribution in [-0.4, -0.2) is 15.4 Å². The third-order valence-electron chi connectivity index (χ3n) is 3.01. The second kappa shape index (κ2) is 6.33. The van der Waals surface area contributed by atoms with Gasteiger partial charge in [-0.3, -0.25) is 4.52 Å². The summed E-state index contributed by atoms with van der Waals surface area (Å²) in [6.45, 7) is 12.1. The predicted molar refractivity (Wildman–Crippen MR) is 69.6 cm³/mol. The number of hydrogen-bond donors (Lipinski definition) is 2. The van der Waals surface area contributed by atoms with Crippen molar-refractivity contribution in [3.63, 3.8) is 0 Å². The molecule has 5 heteroatoms. The van der Waals surface area contributed by atoms with Crippen molar-refractivity contribution in [1.29, 1.82) is 0 Å². The fourth-order valence-corrected chi connectivity index (χ4v) is 3.16. The molecule has 0 fully saturated rings. The van der Waals surface area contributed by atoms with Gasteiger partial charge >= 0.3 is 7.82 Å². The smallest absolute Gasteiger partial charge is 0.303 e. The Morgan fingerprint density at radius 2 is 1.59 bits per heavy atom. The van der Waals surface area contributed by atoms with Crippen molar-refractivity contribution >= 4 is 7.82 Å². The number of phosphoric acid groups is 1. The molecule has 2 unspecified atom stereocenters. The zero-order valence-corrected chi connectivity index (χ0v) is 12.7. The van der Waals surface area contributed by atoms with Crippen LogP contribution in [0.25, 0.3) is 0 Å². The van der Waals surface area contributed by atoms with E-state index < -0.39 is 13.4 Å². The van der Waals surface area contributed by atoms with E-state index in [2.05, 4.69) is 13.8 Å². The molecule has 4 nitrogen and oxygen atoms in total. The van der Waals surface area contributed by atoms with Gasteiger partial charge in [-0.05, 0) is 37.5 Å². The van der Waals surface area contributed by atoms with E-state index in [9.17, 15) is 4.57 Å². The summed E-state index contributed by atoms with van der Waals surface area (Å²) in [5.41, 5.74) is -0.766. The topological polar surface area (TPSA) is 66.8 Å². The molecule has 0 saturated carbocycles. The first kappa shape index (κ1) is 17.1. The van der Waals surface area contributed by atoms with Crippen molar-refractivity contribution in [2.24, 2.45) is 17.8 Å². The van der Waals surface area contributed by atoms with E-state index in [0.29, 0.717) is 18.3 Å². The summed E-state index contributed by atoms with van der Waals surface area (Å²) >= 11 is 0. The van der Waals surface area contributed by atoms with E-state index in [1.807, 2.05) is 20.8 Å². The van der Waals surface area contributed by atoms with Gasteiger partial charge in [-0.25, -0.2) is 4.57 Å². The fraction of sp³-hybridized carbons (Fsp3) is 1.00. The molecule has 2 atom stereocenters. The molecule has 0 bridgehead atoms. The highest BCUT2D eigenvalue weighted by Gasteiger charge is 2.39. The van der Waals surface area contributed by atoms with E-state index in [-0.39, 0.29) is 5.92 Å². The Bertz CT molecular complexity index is 272. The van der Waals surface area contributed by atoms with E-state index in [1.54, 1.807) is 6.92 Å². The molecule has 0 saturated heterocycles. The van der Waals surface area contributed by atoms with E-state index in [4.69, 9.17) is 14.3 Å². The molecule has 17 heavy (non-hydrogen) atoms. The van der Waals surface area contributed by atoms with Gasteiger partial charge in [-0.15, -0.1) is 0 Å². The standard InChI is InChI=1S/C12H27O4P/c1-9(2)7-11(5)12(6,8-10(3)4)16-17(13,14)15/h9-11H,7-8H2,1-6H3,(H2,13,14,15). The third-order valence-corrected chi connectivity index (χ3v) is 3.66. The maximum atomic E-state index is 11.1. The zero-order chi connectivity index (χ0) is 13.9. The number of rotatable bonds is 7. The van der Waals surface area contributed by atoms with Gasteiger partial charge in [0, 0.05) is 0 Å². The quantitative estimate of drug-likeness (QED) is 0.691. The Balaban J connectivity index is 4.89. The van der Waals surface area contributed by atoms with Gasteiger partial charge in [0.1, 0.15) is 0 Å². The highest BCUT2D eigenvalue weighted by atomic mass is 31.2. The summed E-state index contributed by atoms with van der Waals surface area (Å²) in [5, 5.41) is 0. The van der Waals surface area contributed by atoms with Crippen LogP contribution < -0.4 is 0 Å². The maximum absolute atomic E-state index is 11.1. The molecule has 0 aliphatic carbocycles. The average Bonchev–Trinajstić information content (AvgIpc) is 1.96. The fourth-order valence-electron chi connectivity index (χ4n) is 2.37. The first-order chi connectivity index (χ1) is 7.46. The van der Waals surface area contributed by atoms with Crippen LogP contribution in [0, 0.1) is 17.8 Å². The molecule has 0 rings (SSSR count). The number of phosphoric ester groups is 1. The minimum absolute atomic E-state index is 0.109. The molecule has 0 spiro atoms. The second-order valence-corrected chi connectivity index (χ2v) is 7.19. The largest absolute Gasteiger partial charge is 0.470 e. The number of hydrogen-bond acceptors (Lipinski definition) is 2. The summed E-state index contributed by atoms with van der Waals surface area (Å²) in [5.74, 6) is 0.926. The molecular weight excluding hydrogens is 239 g/mol. The van der Waals surface area contributed by atoms with Crippen LogP contribution in [0.2, 0.25) is 0 Å². The minimum atomic E-state index is -4.44. The SMILES string of the molecule is CC(C)CC(C)C(C)(CC(C)C)OP(=O)(O)O. The molecule has 0 amide bonds. The molecular formula is C12H27O4P. The van der Waals surface area contributed by atoms with Crippen LogP contribution in [-0.2, 0) is 9.09 Å². The van der Waals surface area contributed by atoms with Crippen LogP contribution in [0.15, 0.2) is 0 Å². The minimum Gasteiger partial charge on any atom is -0.303 e. The Morgan fingerprint density at radius 1 is 1.12 bits per heavy atom.